The van der Waals surface area contributed by atoms with Crippen LogP contribution in [0.4, 0.5) is 0 Å². The molecule has 62 valence electrons. The molecule has 0 aromatic carbocycles. The average Bonchev–Trinajstić information content (AvgIpc) is 2.50. The quantitative estimate of drug-likeness (QED) is 0.494. The van der Waals surface area contributed by atoms with Crippen molar-refractivity contribution in [2.45, 2.75) is 19.9 Å². The number of aromatic nitrogens is 1. The highest BCUT2D eigenvalue weighted by atomic mass is 33.4. The van der Waals surface area contributed by atoms with Gasteiger partial charge in [-0.1, -0.05) is 31.6 Å². The fraction of sp³-hybridized carbons (Fsp3) is 1.00. The first kappa shape index (κ1) is 8.01. The first-order valence-electron chi connectivity index (χ1n) is 3.31. The topological polar surface area (TPSA) is 4.93 Å². The lowest BCUT2D eigenvalue weighted by molar-refractivity contribution is 0.697. The van der Waals surface area contributed by atoms with Crippen LogP contribution in [0.2, 0.25) is 0 Å². The normalized spacial score (nSPS) is 19.9. The van der Waals surface area contributed by atoms with Crippen molar-refractivity contribution in [1.29, 1.82) is 0 Å². The number of hydrogen-bond acceptors (Lipinski definition) is 3. The van der Waals surface area contributed by atoms with Crippen LogP contribution in [-0.4, -0.2) is 4.09 Å². The molecule has 0 spiro atoms. The van der Waals surface area contributed by atoms with Crippen molar-refractivity contribution in [3.8, 4) is 0 Å². The summed E-state index contributed by atoms with van der Waals surface area (Å²) in [4.78, 5) is 0. The first-order valence-corrected chi connectivity index (χ1v) is 16.1. The van der Waals surface area contributed by atoms with Gasteiger partial charge in [-0.2, -0.15) is 0 Å². The molecule has 0 aliphatic heterocycles. The molecule has 4 heterocycles. The van der Waals surface area contributed by atoms with E-state index in [2.05, 4.69) is 49.6 Å². The maximum Gasteiger partial charge on any atom is 0.0848 e. The SMILES string of the molecule is CC(C)n1p2sp3sp2sp13. The molecule has 11 heavy (non-hydrogen) atoms. The van der Waals surface area contributed by atoms with Crippen molar-refractivity contribution < 1.29 is 0 Å². The van der Waals surface area contributed by atoms with E-state index in [0.29, 0.717) is 23.5 Å². The third-order valence-electron chi connectivity index (χ3n) is 1.52. The summed E-state index contributed by atoms with van der Waals surface area (Å²) in [6.45, 7) is 4.75. The second-order valence-electron chi connectivity index (χ2n) is 2.64. The van der Waals surface area contributed by atoms with E-state index in [0.717, 1.165) is 6.04 Å². The molecule has 0 aliphatic rings. The third-order valence-corrected chi connectivity index (χ3v) is 52.6. The van der Waals surface area contributed by atoms with Crippen LogP contribution in [0.5, 0.6) is 0 Å². The predicted octanol–water partition coefficient (Wildman–Crippen LogP) is 6.26. The lowest BCUT2D eigenvalue weighted by Gasteiger charge is -2.05. The first-order chi connectivity index (χ1) is 5.27. The Balaban J connectivity index is 2.53. The summed E-state index contributed by atoms with van der Waals surface area (Å²) in [5.41, 5.74) is 0. The van der Waals surface area contributed by atoms with Crippen LogP contribution in [0.25, 0.3) is 0 Å². The summed E-state index contributed by atoms with van der Waals surface area (Å²) in [6.07, 6.45) is 0.679. The van der Waals surface area contributed by atoms with Gasteiger partial charge in [-0.3, -0.25) is 4.09 Å². The van der Waals surface area contributed by atoms with Gasteiger partial charge in [0.15, 0.2) is 0 Å². The van der Waals surface area contributed by atoms with Crippen LogP contribution in [0, 0.1) is 0 Å². The van der Waals surface area contributed by atoms with Crippen LogP contribution in [0.3, 0.4) is 0 Å². The van der Waals surface area contributed by atoms with Gasteiger partial charge in [-0.25, -0.2) is 0 Å². The van der Waals surface area contributed by atoms with Gasteiger partial charge < -0.3 is 0 Å². The minimum atomic E-state index is 0.340. The smallest absolute Gasteiger partial charge is 0.0848 e. The van der Waals surface area contributed by atoms with Gasteiger partial charge in [0.1, 0.15) is 0 Å². The Bertz CT molecular complexity index is 446. The van der Waals surface area contributed by atoms with Crippen LogP contribution >= 0.6 is 55.1 Å². The highest BCUT2D eigenvalue weighted by Gasteiger charge is 2.19. The molecule has 0 fully saturated rings. The van der Waals surface area contributed by atoms with Crippen LogP contribution in [0.15, 0.2) is 0 Å². The molecule has 4 bridgehead atoms. The zero-order chi connectivity index (χ0) is 7.59. The van der Waals surface area contributed by atoms with E-state index < -0.39 is 0 Å². The Kier molecular flexibility index (Phi) is 1.88. The van der Waals surface area contributed by atoms with E-state index in [1.807, 2.05) is 0 Å². The predicted molar refractivity (Wildman–Crippen MR) is 64.9 cm³/mol. The standard InChI is InChI=1S/C3H7NP4S3/c1-3(2)4-5-7-10-6(4)8(9-5)11-7/h3H,1-2H3. The summed E-state index contributed by atoms with van der Waals surface area (Å²) in [5, 5.41) is 0.834. The maximum atomic E-state index is 2.88. The lowest BCUT2D eigenvalue weighted by atomic mass is 10.4. The molecule has 4 rings (SSSR count). The Morgan fingerprint density at radius 2 is 1.55 bits per heavy atom. The van der Waals surface area contributed by atoms with Gasteiger partial charge in [0.2, 0.25) is 0 Å². The van der Waals surface area contributed by atoms with E-state index in [9.17, 15) is 0 Å². The average molecular weight is 277 g/mol. The van der Waals surface area contributed by atoms with Crippen molar-refractivity contribution in [2.24, 2.45) is 0 Å². The monoisotopic (exact) mass is 277 g/mol. The van der Waals surface area contributed by atoms with Gasteiger partial charge in [-0.05, 0) is 13.8 Å². The number of rotatable bonds is 1. The molecule has 8 heteroatoms. The van der Waals surface area contributed by atoms with Gasteiger partial charge in [0.05, 0.1) is 23.5 Å². The lowest BCUT2D eigenvalue weighted by Crippen LogP contribution is -1.88. The summed E-state index contributed by atoms with van der Waals surface area (Å²) < 4.78 is 2.88. The molecular formula is C3H7NP4S3. The molecule has 0 radical (unpaired) electrons. The summed E-state index contributed by atoms with van der Waals surface area (Å²) in [5.74, 6) is 0. The molecule has 0 saturated heterocycles. The van der Waals surface area contributed by atoms with Crippen LogP contribution in [-0.2, 0) is 0 Å². The van der Waals surface area contributed by atoms with Gasteiger partial charge >= 0.3 is 0 Å². The molecule has 0 N–H and O–H groups in total. The van der Waals surface area contributed by atoms with E-state index in [4.69, 9.17) is 0 Å². The van der Waals surface area contributed by atoms with E-state index in [-0.39, 0.29) is 0 Å². The Labute approximate surface area is 78.8 Å². The Morgan fingerprint density at radius 3 is 1.82 bits per heavy atom. The highest BCUT2D eigenvalue weighted by Crippen LogP contribution is 2.84. The van der Waals surface area contributed by atoms with Crippen LogP contribution < -0.4 is 0 Å². The van der Waals surface area contributed by atoms with Crippen molar-refractivity contribution in [1.82, 2.24) is 4.09 Å². The molecular weight excluding hydrogens is 270 g/mol. The van der Waals surface area contributed by atoms with Gasteiger partial charge in [0.25, 0.3) is 0 Å². The largest absolute Gasteiger partial charge is 0.288 e. The van der Waals surface area contributed by atoms with Gasteiger partial charge in [-0.15, -0.1) is 0 Å². The molecule has 0 amide bonds. The molecule has 4 unspecified atom stereocenters. The molecule has 4 aromatic rings. The van der Waals surface area contributed by atoms with Crippen molar-refractivity contribution in [2.75, 3.05) is 0 Å². The molecule has 0 aliphatic carbocycles. The van der Waals surface area contributed by atoms with E-state index in [1.165, 1.54) is 0 Å². The Morgan fingerprint density at radius 1 is 1.00 bits per heavy atom. The number of nitrogens with zero attached hydrogens (tertiary/aromatic N) is 1. The van der Waals surface area contributed by atoms with Crippen molar-refractivity contribution >= 4 is 55.1 Å². The number of hydrogen-bond donors (Lipinski definition) is 0. The summed E-state index contributed by atoms with van der Waals surface area (Å²) in [6, 6.07) is 0.841. The molecule has 4 atom stereocenters. The molecule has 1 nitrogen and oxygen atoms in total. The summed E-state index contributed by atoms with van der Waals surface area (Å²) in [7, 11) is 7.14. The zero-order valence-corrected chi connectivity index (χ0v) is 12.1. The molecule has 0 saturated carbocycles. The minimum Gasteiger partial charge on any atom is -0.288 e. The second kappa shape index (κ2) is 2.58. The van der Waals surface area contributed by atoms with Crippen molar-refractivity contribution in [3.05, 3.63) is 0 Å². The third kappa shape index (κ3) is 0.960. The van der Waals surface area contributed by atoms with E-state index >= 15 is 0 Å². The highest BCUT2D eigenvalue weighted by molar-refractivity contribution is 8.81. The minimum absolute atomic E-state index is 0.340. The van der Waals surface area contributed by atoms with Gasteiger partial charge in [0, 0.05) is 6.04 Å². The van der Waals surface area contributed by atoms with Crippen molar-refractivity contribution in [3.63, 3.8) is 0 Å². The van der Waals surface area contributed by atoms with Crippen LogP contribution in [0.1, 0.15) is 19.9 Å². The fourth-order valence-corrected chi connectivity index (χ4v) is 96.5. The Hall–Kier alpha value is 1.66. The van der Waals surface area contributed by atoms with E-state index in [1.54, 1.807) is 0 Å². The fourth-order valence-electron chi connectivity index (χ4n) is 1.08. The summed E-state index contributed by atoms with van der Waals surface area (Å²) >= 11 is 0. The maximum absolute atomic E-state index is 2.88. The zero-order valence-electron chi connectivity index (χ0n) is 6.04. The molecule has 4 aromatic heterocycles. The second-order valence-corrected chi connectivity index (χ2v) is 29.5.